The molecule has 7 nitrogen and oxygen atoms in total. The number of benzene rings is 1. The van der Waals surface area contributed by atoms with Gasteiger partial charge in [0.2, 0.25) is 5.91 Å². The van der Waals surface area contributed by atoms with Gasteiger partial charge < -0.3 is 5.73 Å². The molecule has 0 bridgehead atoms. The van der Waals surface area contributed by atoms with Gasteiger partial charge in [0.25, 0.3) is 5.91 Å². The Bertz CT molecular complexity index is 797. The lowest BCUT2D eigenvalue weighted by Crippen LogP contribution is -2.36. The number of rotatable bonds is 3. The molecule has 1 aliphatic heterocycles. The molecule has 3 N–H and O–H groups in total. The number of nitrogens with one attached hydrogen (secondary N) is 1. The normalized spacial score (nSPS) is 17.3. The van der Waals surface area contributed by atoms with Crippen LogP contribution in [0.2, 0.25) is 5.15 Å². The van der Waals surface area contributed by atoms with Crippen molar-refractivity contribution in [3.05, 3.63) is 46.7 Å². The number of carbonyl (C=O) groups excluding carboxylic acids is 2. The fraction of sp³-hybridized carbons (Fsp3) is 0.143. The van der Waals surface area contributed by atoms with Gasteiger partial charge in [-0.2, -0.15) is 10.2 Å². The van der Waals surface area contributed by atoms with Gasteiger partial charge in [0.1, 0.15) is 5.15 Å². The van der Waals surface area contributed by atoms with E-state index in [0.717, 1.165) is 5.69 Å². The number of hydrazone groups is 1. The van der Waals surface area contributed by atoms with Gasteiger partial charge in [-0.15, -0.1) is 0 Å². The van der Waals surface area contributed by atoms with Crippen LogP contribution in [0.15, 0.2) is 35.4 Å². The zero-order valence-electron chi connectivity index (χ0n) is 11.6. The Labute approximate surface area is 130 Å². The molecule has 0 aliphatic carbocycles. The number of nitrogens with zero attached hydrogens (tertiary/aromatic N) is 3. The SMILES string of the molecule is Cc1nn(-c2ccccc2)c(Cl)c1C1=NNC(=O)C1C(N)=O. The highest BCUT2D eigenvalue weighted by Gasteiger charge is 2.38. The first-order valence-corrected chi connectivity index (χ1v) is 6.86. The Morgan fingerprint density at radius 2 is 2.05 bits per heavy atom. The first kappa shape index (κ1) is 14.3. The third kappa shape index (κ3) is 2.15. The predicted octanol–water partition coefficient (Wildman–Crippen LogP) is 0.770. The molecule has 112 valence electrons. The van der Waals surface area contributed by atoms with Crippen LogP contribution in [0, 0.1) is 12.8 Å². The van der Waals surface area contributed by atoms with Crippen LogP contribution in [0.3, 0.4) is 0 Å². The molecule has 1 aliphatic rings. The van der Waals surface area contributed by atoms with Gasteiger partial charge in [-0.3, -0.25) is 9.59 Å². The number of aromatic nitrogens is 2. The maximum atomic E-state index is 11.7. The van der Waals surface area contributed by atoms with E-state index in [4.69, 9.17) is 17.3 Å². The summed E-state index contributed by atoms with van der Waals surface area (Å²) in [5.41, 5.74) is 9.48. The van der Waals surface area contributed by atoms with E-state index in [1.165, 1.54) is 4.68 Å². The van der Waals surface area contributed by atoms with Gasteiger partial charge in [0.15, 0.2) is 5.92 Å². The van der Waals surface area contributed by atoms with Crippen LogP contribution in [-0.4, -0.2) is 27.3 Å². The number of hydrogen-bond acceptors (Lipinski definition) is 4. The minimum atomic E-state index is -1.16. The van der Waals surface area contributed by atoms with Gasteiger partial charge in [-0.1, -0.05) is 29.8 Å². The van der Waals surface area contributed by atoms with Crippen molar-refractivity contribution in [2.45, 2.75) is 6.92 Å². The number of nitrogens with two attached hydrogens (primary N) is 1. The Morgan fingerprint density at radius 1 is 1.36 bits per heavy atom. The van der Waals surface area contributed by atoms with Gasteiger partial charge in [-0.25, -0.2) is 10.1 Å². The Balaban J connectivity index is 2.12. The number of carbonyl (C=O) groups is 2. The van der Waals surface area contributed by atoms with E-state index in [1.807, 2.05) is 30.3 Å². The fourth-order valence-corrected chi connectivity index (χ4v) is 2.73. The van der Waals surface area contributed by atoms with Crippen molar-refractivity contribution in [1.82, 2.24) is 15.2 Å². The highest BCUT2D eigenvalue weighted by atomic mass is 35.5. The Hall–Kier alpha value is -2.67. The van der Waals surface area contributed by atoms with Crippen LogP contribution in [0.1, 0.15) is 11.3 Å². The van der Waals surface area contributed by atoms with Crippen molar-refractivity contribution in [3.8, 4) is 5.69 Å². The molecule has 0 saturated heterocycles. The minimum Gasteiger partial charge on any atom is -0.369 e. The average molecular weight is 318 g/mol. The van der Waals surface area contributed by atoms with Gasteiger partial charge in [0.05, 0.1) is 22.7 Å². The summed E-state index contributed by atoms with van der Waals surface area (Å²) in [5, 5.41) is 8.52. The number of hydrogen-bond donors (Lipinski definition) is 2. The quantitative estimate of drug-likeness (QED) is 0.817. The fourth-order valence-electron chi connectivity index (χ4n) is 2.36. The number of amides is 2. The van der Waals surface area contributed by atoms with E-state index in [-0.39, 0.29) is 10.9 Å². The maximum absolute atomic E-state index is 11.7. The lowest BCUT2D eigenvalue weighted by Gasteiger charge is -2.06. The van der Waals surface area contributed by atoms with E-state index in [9.17, 15) is 9.59 Å². The van der Waals surface area contributed by atoms with Crippen molar-refractivity contribution in [2.75, 3.05) is 0 Å². The van der Waals surface area contributed by atoms with Crippen LogP contribution >= 0.6 is 11.6 Å². The highest BCUT2D eigenvalue weighted by Crippen LogP contribution is 2.27. The Morgan fingerprint density at radius 3 is 2.68 bits per heavy atom. The third-order valence-electron chi connectivity index (χ3n) is 3.37. The standard InChI is InChI=1S/C14H12ClN5O2/c1-7-9(11-10(13(16)21)14(22)18-17-11)12(15)20(19-7)8-5-3-2-4-6-8/h2-6,10H,1H3,(H2,16,21)(H,18,22). The molecular formula is C14H12ClN5O2. The largest absolute Gasteiger partial charge is 0.369 e. The van der Waals surface area contributed by atoms with Gasteiger partial charge >= 0.3 is 0 Å². The summed E-state index contributed by atoms with van der Waals surface area (Å²) in [5.74, 6) is -2.51. The molecule has 1 aromatic carbocycles. The second-order valence-corrected chi connectivity index (χ2v) is 5.17. The van der Waals surface area contributed by atoms with Crippen molar-refractivity contribution < 1.29 is 9.59 Å². The first-order valence-electron chi connectivity index (χ1n) is 6.48. The molecule has 1 unspecified atom stereocenters. The molecule has 8 heteroatoms. The van der Waals surface area contributed by atoms with E-state index >= 15 is 0 Å². The topological polar surface area (TPSA) is 102 Å². The lowest BCUT2D eigenvalue weighted by molar-refractivity contribution is -0.129. The second kappa shape index (κ2) is 5.27. The van der Waals surface area contributed by atoms with E-state index in [1.54, 1.807) is 6.92 Å². The molecular weight excluding hydrogens is 306 g/mol. The number of para-hydroxylation sites is 1. The first-order chi connectivity index (χ1) is 10.5. The van der Waals surface area contributed by atoms with Gasteiger partial charge in [0, 0.05) is 0 Å². The number of aryl methyl sites for hydroxylation is 1. The van der Waals surface area contributed by atoms with Crippen LogP contribution in [0.25, 0.3) is 5.69 Å². The average Bonchev–Trinajstić information content (AvgIpc) is 3.00. The lowest BCUT2D eigenvalue weighted by atomic mass is 9.97. The molecule has 2 aromatic rings. The second-order valence-electron chi connectivity index (χ2n) is 4.81. The molecule has 0 spiro atoms. The van der Waals surface area contributed by atoms with Crippen LogP contribution < -0.4 is 11.2 Å². The third-order valence-corrected chi connectivity index (χ3v) is 3.72. The molecule has 0 saturated carbocycles. The molecule has 2 heterocycles. The minimum absolute atomic E-state index is 0.196. The van der Waals surface area contributed by atoms with Crippen molar-refractivity contribution in [3.63, 3.8) is 0 Å². The number of halogens is 1. The van der Waals surface area contributed by atoms with Crippen molar-refractivity contribution >= 4 is 29.1 Å². The van der Waals surface area contributed by atoms with Crippen LogP contribution in [0.5, 0.6) is 0 Å². The number of primary amides is 1. The molecule has 0 fully saturated rings. The summed E-state index contributed by atoms with van der Waals surface area (Å²) in [6.07, 6.45) is 0. The van der Waals surface area contributed by atoms with E-state index in [0.29, 0.717) is 11.3 Å². The highest BCUT2D eigenvalue weighted by molar-refractivity contribution is 6.37. The maximum Gasteiger partial charge on any atom is 0.258 e. The van der Waals surface area contributed by atoms with Crippen LogP contribution in [0.4, 0.5) is 0 Å². The summed E-state index contributed by atoms with van der Waals surface area (Å²) >= 11 is 6.39. The van der Waals surface area contributed by atoms with Gasteiger partial charge in [-0.05, 0) is 19.1 Å². The van der Waals surface area contributed by atoms with Crippen molar-refractivity contribution in [2.24, 2.45) is 16.8 Å². The zero-order chi connectivity index (χ0) is 15.9. The molecule has 22 heavy (non-hydrogen) atoms. The summed E-state index contributed by atoms with van der Waals surface area (Å²) in [7, 11) is 0. The summed E-state index contributed by atoms with van der Waals surface area (Å²) < 4.78 is 1.52. The predicted molar refractivity (Wildman–Crippen MR) is 80.7 cm³/mol. The molecule has 1 aromatic heterocycles. The van der Waals surface area contributed by atoms with E-state index < -0.39 is 17.7 Å². The molecule has 3 rings (SSSR count). The smallest absolute Gasteiger partial charge is 0.258 e. The molecule has 2 amide bonds. The molecule has 1 atom stereocenters. The molecule has 0 radical (unpaired) electrons. The Kier molecular flexibility index (Phi) is 3.42. The monoisotopic (exact) mass is 317 g/mol. The van der Waals surface area contributed by atoms with Crippen LogP contribution in [-0.2, 0) is 9.59 Å². The summed E-state index contributed by atoms with van der Waals surface area (Å²) in [6, 6.07) is 9.27. The summed E-state index contributed by atoms with van der Waals surface area (Å²) in [4.78, 5) is 23.2. The zero-order valence-corrected chi connectivity index (χ0v) is 12.3. The summed E-state index contributed by atoms with van der Waals surface area (Å²) in [6.45, 7) is 1.73. The van der Waals surface area contributed by atoms with Crippen molar-refractivity contribution in [1.29, 1.82) is 0 Å². The van der Waals surface area contributed by atoms with E-state index in [2.05, 4.69) is 15.6 Å².